The second-order valence-electron chi connectivity index (χ2n) is 4.83. The van der Waals surface area contributed by atoms with Gasteiger partial charge in [0.05, 0.1) is 6.04 Å². The zero-order chi connectivity index (χ0) is 15.0. The third-order valence-electron chi connectivity index (χ3n) is 3.54. The first-order valence-corrected chi connectivity index (χ1v) is 7.91. The summed E-state index contributed by atoms with van der Waals surface area (Å²) in [6, 6.07) is 16.0. The van der Waals surface area contributed by atoms with Crippen LogP contribution in [0.2, 0.25) is 5.02 Å². The molecule has 0 aliphatic heterocycles. The third kappa shape index (κ3) is 2.78. The summed E-state index contributed by atoms with van der Waals surface area (Å²) in [6.07, 6.45) is 0. The van der Waals surface area contributed by atoms with E-state index in [1.165, 1.54) is 12.1 Å². The lowest BCUT2D eigenvalue weighted by atomic mass is 9.94. The molecule has 3 aromatic carbocycles. The van der Waals surface area contributed by atoms with Crippen LogP contribution in [0.5, 0.6) is 0 Å². The van der Waals surface area contributed by atoms with Crippen LogP contribution in [0.1, 0.15) is 17.2 Å². The summed E-state index contributed by atoms with van der Waals surface area (Å²) in [7, 11) is 0. The van der Waals surface area contributed by atoms with E-state index in [2.05, 4.69) is 22.6 Å². The van der Waals surface area contributed by atoms with Crippen LogP contribution in [0.25, 0.3) is 10.8 Å². The number of benzene rings is 3. The zero-order valence-corrected chi connectivity index (χ0v) is 13.9. The van der Waals surface area contributed by atoms with Crippen molar-refractivity contribution < 1.29 is 4.39 Å². The van der Waals surface area contributed by atoms with Crippen LogP contribution in [0.3, 0.4) is 0 Å². The van der Waals surface area contributed by atoms with Crippen LogP contribution in [0.4, 0.5) is 4.39 Å². The SMILES string of the molecule is NC(c1ccc(F)cc1I)c1ccc(Cl)c2ccccc12. The van der Waals surface area contributed by atoms with Gasteiger partial charge in [-0.05, 0) is 57.3 Å². The first kappa shape index (κ1) is 14.8. The summed E-state index contributed by atoms with van der Waals surface area (Å²) >= 11 is 8.35. The Labute approximate surface area is 141 Å². The lowest BCUT2D eigenvalue weighted by Gasteiger charge is -2.17. The average Bonchev–Trinajstić information content (AvgIpc) is 2.47. The highest BCUT2D eigenvalue weighted by Crippen LogP contribution is 2.33. The molecule has 0 aromatic heterocycles. The maximum atomic E-state index is 13.3. The Kier molecular flexibility index (Phi) is 4.15. The molecule has 21 heavy (non-hydrogen) atoms. The highest BCUT2D eigenvalue weighted by molar-refractivity contribution is 14.1. The molecule has 0 amide bonds. The smallest absolute Gasteiger partial charge is 0.124 e. The van der Waals surface area contributed by atoms with Gasteiger partial charge in [0.15, 0.2) is 0 Å². The summed E-state index contributed by atoms with van der Waals surface area (Å²) in [5.41, 5.74) is 8.31. The van der Waals surface area contributed by atoms with Gasteiger partial charge in [0.2, 0.25) is 0 Å². The number of halogens is 3. The molecule has 3 rings (SSSR count). The van der Waals surface area contributed by atoms with Crippen molar-refractivity contribution in [3.8, 4) is 0 Å². The Bertz CT molecular complexity index is 819. The van der Waals surface area contributed by atoms with Gasteiger partial charge in [-0.15, -0.1) is 0 Å². The van der Waals surface area contributed by atoms with Crippen molar-refractivity contribution in [2.24, 2.45) is 5.73 Å². The predicted molar refractivity (Wildman–Crippen MR) is 94.1 cm³/mol. The minimum Gasteiger partial charge on any atom is -0.320 e. The zero-order valence-electron chi connectivity index (χ0n) is 11.0. The molecule has 0 saturated carbocycles. The number of hydrogen-bond donors (Lipinski definition) is 1. The second-order valence-corrected chi connectivity index (χ2v) is 6.40. The van der Waals surface area contributed by atoms with E-state index in [1.54, 1.807) is 6.07 Å². The summed E-state index contributed by atoms with van der Waals surface area (Å²) < 4.78 is 14.1. The second kappa shape index (κ2) is 5.91. The third-order valence-corrected chi connectivity index (χ3v) is 4.80. The van der Waals surface area contributed by atoms with E-state index in [4.69, 9.17) is 17.3 Å². The molecular formula is C17H12ClFIN. The van der Waals surface area contributed by atoms with E-state index in [1.807, 2.05) is 36.4 Å². The van der Waals surface area contributed by atoms with Gasteiger partial charge in [-0.25, -0.2) is 4.39 Å². The molecule has 0 spiro atoms. The van der Waals surface area contributed by atoms with Crippen LogP contribution in [-0.4, -0.2) is 0 Å². The van der Waals surface area contributed by atoms with Crippen molar-refractivity contribution in [3.63, 3.8) is 0 Å². The molecule has 1 unspecified atom stereocenters. The van der Waals surface area contributed by atoms with Gasteiger partial charge in [0.1, 0.15) is 5.82 Å². The topological polar surface area (TPSA) is 26.0 Å². The van der Waals surface area contributed by atoms with Crippen molar-refractivity contribution in [1.82, 2.24) is 0 Å². The van der Waals surface area contributed by atoms with Gasteiger partial charge in [-0.2, -0.15) is 0 Å². The highest BCUT2D eigenvalue weighted by Gasteiger charge is 2.16. The fourth-order valence-corrected chi connectivity index (χ4v) is 3.52. The Morgan fingerprint density at radius 2 is 1.62 bits per heavy atom. The van der Waals surface area contributed by atoms with Gasteiger partial charge in [0.25, 0.3) is 0 Å². The van der Waals surface area contributed by atoms with E-state index in [0.29, 0.717) is 5.02 Å². The predicted octanol–water partition coefficient (Wildman–Crippen LogP) is 5.29. The molecule has 2 N–H and O–H groups in total. The van der Waals surface area contributed by atoms with Crippen molar-refractivity contribution in [3.05, 3.63) is 80.1 Å². The molecule has 0 fully saturated rings. The maximum absolute atomic E-state index is 13.3. The van der Waals surface area contributed by atoms with E-state index in [0.717, 1.165) is 25.5 Å². The molecule has 0 radical (unpaired) electrons. The minimum atomic E-state index is -0.320. The minimum absolute atomic E-state index is 0.253. The quantitative estimate of drug-likeness (QED) is 0.570. The largest absolute Gasteiger partial charge is 0.320 e. The van der Waals surface area contributed by atoms with Gasteiger partial charge in [-0.1, -0.05) is 48.0 Å². The Balaban J connectivity index is 2.18. The molecule has 0 aliphatic rings. The van der Waals surface area contributed by atoms with Gasteiger partial charge in [0, 0.05) is 14.0 Å². The summed E-state index contributed by atoms with van der Waals surface area (Å²) in [6.45, 7) is 0. The molecule has 0 saturated heterocycles. The number of fused-ring (bicyclic) bond motifs is 1. The van der Waals surface area contributed by atoms with Crippen molar-refractivity contribution >= 4 is 45.0 Å². The maximum Gasteiger partial charge on any atom is 0.124 e. The number of rotatable bonds is 2. The van der Waals surface area contributed by atoms with Gasteiger partial charge >= 0.3 is 0 Å². The Hall–Kier alpha value is -1.17. The lowest BCUT2D eigenvalue weighted by molar-refractivity contribution is 0.625. The molecule has 0 bridgehead atoms. The van der Waals surface area contributed by atoms with E-state index in [-0.39, 0.29) is 11.9 Å². The molecular weight excluding hydrogens is 400 g/mol. The van der Waals surface area contributed by atoms with Crippen LogP contribution < -0.4 is 5.73 Å². The molecule has 1 atom stereocenters. The standard InChI is InChI=1S/C17H12ClFIN/c18-15-8-7-13(11-3-1-2-4-12(11)15)17(21)14-6-5-10(19)9-16(14)20/h1-9,17H,21H2. The van der Waals surface area contributed by atoms with Crippen LogP contribution >= 0.6 is 34.2 Å². The molecule has 0 aliphatic carbocycles. The highest BCUT2D eigenvalue weighted by atomic mass is 127. The van der Waals surface area contributed by atoms with Crippen LogP contribution in [0.15, 0.2) is 54.6 Å². The number of nitrogens with two attached hydrogens (primary N) is 1. The van der Waals surface area contributed by atoms with Gasteiger partial charge in [-0.3, -0.25) is 0 Å². The van der Waals surface area contributed by atoms with Crippen LogP contribution in [0, 0.1) is 9.39 Å². The average molecular weight is 412 g/mol. The first-order valence-electron chi connectivity index (χ1n) is 6.45. The Morgan fingerprint density at radius 1 is 0.952 bits per heavy atom. The molecule has 4 heteroatoms. The monoisotopic (exact) mass is 411 g/mol. The van der Waals surface area contributed by atoms with Crippen molar-refractivity contribution in [2.75, 3.05) is 0 Å². The fraction of sp³-hybridized carbons (Fsp3) is 0.0588. The van der Waals surface area contributed by atoms with Gasteiger partial charge < -0.3 is 5.73 Å². The Morgan fingerprint density at radius 3 is 2.33 bits per heavy atom. The summed E-state index contributed by atoms with van der Waals surface area (Å²) in [5, 5.41) is 2.71. The van der Waals surface area contributed by atoms with E-state index >= 15 is 0 Å². The van der Waals surface area contributed by atoms with E-state index < -0.39 is 0 Å². The van der Waals surface area contributed by atoms with E-state index in [9.17, 15) is 4.39 Å². The molecule has 0 heterocycles. The summed E-state index contributed by atoms with van der Waals surface area (Å²) in [5.74, 6) is -0.253. The fourth-order valence-electron chi connectivity index (χ4n) is 2.48. The molecule has 106 valence electrons. The first-order chi connectivity index (χ1) is 10.1. The number of hydrogen-bond acceptors (Lipinski definition) is 1. The lowest BCUT2D eigenvalue weighted by Crippen LogP contribution is -2.14. The summed E-state index contributed by atoms with van der Waals surface area (Å²) in [4.78, 5) is 0. The molecule has 1 nitrogen and oxygen atoms in total. The molecule has 3 aromatic rings. The van der Waals surface area contributed by atoms with Crippen molar-refractivity contribution in [2.45, 2.75) is 6.04 Å². The van der Waals surface area contributed by atoms with Crippen molar-refractivity contribution in [1.29, 1.82) is 0 Å². The normalized spacial score (nSPS) is 12.6. The van der Waals surface area contributed by atoms with Crippen LogP contribution in [-0.2, 0) is 0 Å².